The van der Waals surface area contributed by atoms with Crippen LogP contribution in [-0.4, -0.2) is 47.9 Å². The van der Waals surface area contributed by atoms with E-state index in [1.54, 1.807) is 12.3 Å². The third kappa shape index (κ3) is 5.06. The molecule has 1 aliphatic heterocycles. The number of hydrogen-bond acceptors (Lipinski definition) is 4. The molecule has 1 fully saturated rings. The van der Waals surface area contributed by atoms with Crippen LogP contribution in [0.2, 0.25) is 0 Å². The summed E-state index contributed by atoms with van der Waals surface area (Å²) in [6.07, 6.45) is 4.19. The lowest BCUT2D eigenvalue weighted by molar-refractivity contribution is -0.131. The molecule has 0 saturated carbocycles. The summed E-state index contributed by atoms with van der Waals surface area (Å²) < 4.78 is 13.0. The van der Waals surface area contributed by atoms with E-state index in [4.69, 9.17) is 0 Å². The molecule has 1 saturated heterocycles. The minimum absolute atomic E-state index is 0.230. The Kier molecular flexibility index (Phi) is 6.57. The summed E-state index contributed by atoms with van der Waals surface area (Å²) in [5.74, 6) is 0.359. The van der Waals surface area contributed by atoms with Crippen molar-refractivity contribution in [2.75, 3.05) is 36.4 Å². The maximum atomic E-state index is 13.0. The third-order valence-corrected chi connectivity index (χ3v) is 4.81. The summed E-state index contributed by atoms with van der Waals surface area (Å²) in [6, 6.07) is 9.03. The number of unbranched alkanes of at least 4 members (excludes halogenated alkanes) is 1. The molecule has 2 heterocycles. The molecule has 0 aliphatic carbocycles. The van der Waals surface area contributed by atoms with E-state index in [1.807, 2.05) is 11.0 Å². The van der Waals surface area contributed by atoms with E-state index >= 15 is 0 Å². The second kappa shape index (κ2) is 9.30. The van der Waals surface area contributed by atoms with E-state index in [1.165, 1.54) is 24.3 Å². The maximum absolute atomic E-state index is 13.0. The molecular weight excluding hydrogens is 359 g/mol. The number of hydrogen-bond donors (Lipinski definition) is 1. The predicted octanol–water partition coefficient (Wildman–Crippen LogP) is 3.31. The fourth-order valence-electron chi connectivity index (χ4n) is 3.12. The highest BCUT2D eigenvalue weighted by Gasteiger charge is 2.21. The van der Waals surface area contributed by atoms with Crippen LogP contribution in [0.5, 0.6) is 0 Å². The number of nitrogens with one attached hydrogen (secondary N) is 1. The van der Waals surface area contributed by atoms with E-state index in [-0.39, 0.29) is 17.6 Å². The van der Waals surface area contributed by atoms with Gasteiger partial charge in [0.25, 0.3) is 5.91 Å². The topological polar surface area (TPSA) is 65.5 Å². The molecule has 0 unspecified atom stereocenters. The van der Waals surface area contributed by atoms with Gasteiger partial charge in [-0.25, -0.2) is 9.37 Å². The second-order valence-corrected chi connectivity index (χ2v) is 6.84. The molecule has 1 N–H and O–H groups in total. The van der Waals surface area contributed by atoms with Gasteiger partial charge in [-0.05, 0) is 42.8 Å². The first kappa shape index (κ1) is 19.8. The van der Waals surface area contributed by atoms with Crippen LogP contribution in [0.25, 0.3) is 0 Å². The Balaban J connectivity index is 1.53. The lowest BCUT2D eigenvalue weighted by atomic mass is 10.2. The molecule has 6 nitrogen and oxygen atoms in total. The molecule has 1 aromatic carbocycles. The van der Waals surface area contributed by atoms with Crippen LogP contribution >= 0.6 is 0 Å². The fourth-order valence-corrected chi connectivity index (χ4v) is 3.12. The van der Waals surface area contributed by atoms with E-state index in [0.29, 0.717) is 30.8 Å². The number of carbonyl (C=O) groups is 2. The number of benzene rings is 1. The molecule has 28 heavy (non-hydrogen) atoms. The monoisotopic (exact) mass is 384 g/mol. The highest BCUT2D eigenvalue weighted by Crippen LogP contribution is 2.17. The van der Waals surface area contributed by atoms with Crippen molar-refractivity contribution in [3.05, 3.63) is 54.0 Å². The van der Waals surface area contributed by atoms with Gasteiger partial charge in [-0.1, -0.05) is 13.3 Å². The Bertz CT molecular complexity index is 800. The summed E-state index contributed by atoms with van der Waals surface area (Å²) in [6.45, 7) is 4.97. The van der Waals surface area contributed by atoms with Gasteiger partial charge in [-0.3, -0.25) is 9.59 Å². The zero-order chi connectivity index (χ0) is 19.9. The van der Waals surface area contributed by atoms with E-state index in [9.17, 15) is 14.0 Å². The SMILES string of the molecule is CCCCC(=O)N1CCN(c2ccc(NC(=O)c3ccc(F)cc3)cn2)CC1. The number of anilines is 2. The van der Waals surface area contributed by atoms with Gasteiger partial charge in [0.1, 0.15) is 11.6 Å². The molecule has 0 atom stereocenters. The Morgan fingerprint density at radius 1 is 1.07 bits per heavy atom. The molecule has 1 aliphatic rings. The smallest absolute Gasteiger partial charge is 0.255 e. The number of rotatable bonds is 6. The summed E-state index contributed by atoms with van der Waals surface area (Å²) in [7, 11) is 0. The van der Waals surface area contributed by atoms with Gasteiger partial charge in [-0.15, -0.1) is 0 Å². The average Bonchev–Trinajstić information content (AvgIpc) is 2.73. The van der Waals surface area contributed by atoms with Crippen LogP contribution in [-0.2, 0) is 4.79 Å². The molecule has 148 valence electrons. The van der Waals surface area contributed by atoms with Gasteiger partial charge in [0.15, 0.2) is 0 Å². The quantitative estimate of drug-likeness (QED) is 0.830. The van der Waals surface area contributed by atoms with Crippen molar-refractivity contribution < 1.29 is 14.0 Å². The Morgan fingerprint density at radius 2 is 1.79 bits per heavy atom. The van der Waals surface area contributed by atoms with E-state index in [0.717, 1.165) is 31.7 Å². The first-order valence-corrected chi connectivity index (χ1v) is 9.62. The molecule has 0 spiro atoms. The lowest BCUT2D eigenvalue weighted by Crippen LogP contribution is -2.49. The van der Waals surface area contributed by atoms with Crippen LogP contribution in [0.1, 0.15) is 36.5 Å². The van der Waals surface area contributed by atoms with Crippen molar-refractivity contribution in [2.45, 2.75) is 26.2 Å². The van der Waals surface area contributed by atoms with Gasteiger partial charge in [0.2, 0.25) is 5.91 Å². The predicted molar refractivity (Wildman–Crippen MR) is 107 cm³/mol. The summed E-state index contributed by atoms with van der Waals surface area (Å²) >= 11 is 0. The van der Waals surface area contributed by atoms with Gasteiger partial charge in [0, 0.05) is 38.2 Å². The fraction of sp³-hybridized carbons (Fsp3) is 0.381. The number of piperazine rings is 1. The number of nitrogens with zero attached hydrogens (tertiary/aromatic N) is 3. The van der Waals surface area contributed by atoms with Crippen LogP contribution < -0.4 is 10.2 Å². The molecular formula is C21H25FN4O2. The maximum Gasteiger partial charge on any atom is 0.255 e. The Labute approximate surface area is 164 Å². The average molecular weight is 384 g/mol. The molecule has 0 bridgehead atoms. The van der Waals surface area contributed by atoms with Crippen LogP contribution in [0.3, 0.4) is 0 Å². The minimum Gasteiger partial charge on any atom is -0.353 e. The molecule has 7 heteroatoms. The highest BCUT2D eigenvalue weighted by atomic mass is 19.1. The Morgan fingerprint density at radius 3 is 2.39 bits per heavy atom. The number of amides is 2. The normalized spacial score (nSPS) is 14.1. The van der Waals surface area contributed by atoms with Gasteiger partial charge in [-0.2, -0.15) is 0 Å². The first-order chi connectivity index (χ1) is 13.6. The number of carbonyl (C=O) groups excluding carboxylic acids is 2. The largest absolute Gasteiger partial charge is 0.353 e. The summed E-state index contributed by atoms with van der Waals surface area (Å²) in [5, 5.41) is 2.75. The van der Waals surface area contributed by atoms with Crippen LogP contribution in [0.4, 0.5) is 15.9 Å². The van der Waals surface area contributed by atoms with Crippen molar-refractivity contribution >= 4 is 23.3 Å². The number of aromatic nitrogens is 1. The third-order valence-electron chi connectivity index (χ3n) is 4.81. The van der Waals surface area contributed by atoms with Crippen molar-refractivity contribution in [2.24, 2.45) is 0 Å². The molecule has 0 radical (unpaired) electrons. The number of pyridine rings is 1. The second-order valence-electron chi connectivity index (χ2n) is 6.84. The Hall–Kier alpha value is -2.96. The zero-order valence-corrected chi connectivity index (χ0v) is 16.0. The van der Waals surface area contributed by atoms with E-state index in [2.05, 4.69) is 22.1 Å². The molecule has 3 rings (SSSR count). The summed E-state index contributed by atoms with van der Waals surface area (Å²) in [5.41, 5.74) is 0.959. The first-order valence-electron chi connectivity index (χ1n) is 9.62. The van der Waals surface area contributed by atoms with Crippen LogP contribution in [0.15, 0.2) is 42.6 Å². The van der Waals surface area contributed by atoms with Gasteiger partial charge in [0.05, 0.1) is 11.9 Å². The van der Waals surface area contributed by atoms with Crippen LogP contribution in [0, 0.1) is 5.82 Å². The van der Waals surface area contributed by atoms with Crippen molar-refractivity contribution in [3.8, 4) is 0 Å². The standard InChI is InChI=1S/C21H25FN4O2/c1-2-3-4-20(27)26-13-11-25(12-14-26)19-10-9-18(15-23-19)24-21(28)16-5-7-17(22)8-6-16/h5-10,15H,2-4,11-14H2,1H3,(H,24,28). The van der Waals surface area contributed by atoms with Gasteiger partial charge < -0.3 is 15.1 Å². The van der Waals surface area contributed by atoms with Crippen molar-refractivity contribution in [1.29, 1.82) is 0 Å². The van der Waals surface area contributed by atoms with Gasteiger partial charge >= 0.3 is 0 Å². The zero-order valence-electron chi connectivity index (χ0n) is 16.0. The van der Waals surface area contributed by atoms with Crippen molar-refractivity contribution in [3.63, 3.8) is 0 Å². The molecule has 2 amide bonds. The summed E-state index contributed by atoms with van der Waals surface area (Å²) in [4.78, 5) is 32.8. The molecule has 2 aromatic rings. The lowest BCUT2D eigenvalue weighted by Gasteiger charge is -2.35. The highest BCUT2D eigenvalue weighted by molar-refractivity contribution is 6.04. The minimum atomic E-state index is -0.380. The van der Waals surface area contributed by atoms with E-state index < -0.39 is 0 Å². The number of halogens is 1. The molecule has 1 aromatic heterocycles. The van der Waals surface area contributed by atoms with Crippen molar-refractivity contribution in [1.82, 2.24) is 9.88 Å².